The summed E-state index contributed by atoms with van der Waals surface area (Å²) in [5.74, 6) is -1.23. The molecule has 0 aliphatic rings. The maximum atomic E-state index is 10.8. The number of aryl methyl sites for hydroxylation is 1. The second kappa shape index (κ2) is 4.76. The molecule has 0 amide bonds. The number of aromatic nitrogens is 2. The molecule has 0 aliphatic carbocycles. The highest BCUT2D eigenvalue weighted by molar-refractivity contribution is 5.70. The molecule has 0 radical (unpaired) electrons. The van der Waals surface area contributed by atoms with E-state index in [9.17, 15) is 4.79 Å². The van der Waals surface area contributed by atoms with Crippen LogP contribution in [0.1, 0.15) is 12.1 Å². The molecule has 5 nitrogen and oxygen atoms in total. The first-order valence-electron chi connectivity index (χ1n) is 4.55. The summed E-state index contributed by atoms with van der Waals surface area (Å²) in [6.07, 6.45) is 2.75. The van der Waals surface area contributed by atoms with E-state index in [1.165, 1.54) is 0 Å². The number of aliphatic carboxylic acids is 1. The first kappa shape index (κ1) is 10.7. The zero-order valence-electron chi connectivity index (χ0n) is 8.18. The van der Waals surface area contributed by atoms with Crippen LogP contribution in [0.2, 0.25) is 0 Å². The van der Waals surface area contributed by atoms with Gasteiger partial charge in [-0.2, -0.15) is 5.10 Å². The third kappa shape index (κ3) is 2.85. The van der Waals surface area contributed by atoms with Crippen LogP contribution in [-0.2, 0) is 18.3 Å². The highest BCUT2D eigenvalue weighted by atomic mass is 16.4. The number of rotatable bonds is 5. The molecule has 1 rings (SSSR count). The fraction of sp³-hybridized carbons (Fsp3) is 0.556. The van der Waals surface area contributed by atoms with Crippen molar-refractivity contribution in [2.45, 2.75) is 12.8 Å². The van der Waals surface area contributed by atoms with E-state index in [4.69, 9.17) is 10.8 Å². The Hall–Kier alpha value is -1.36. The smallest absolute Gasteiger partial charge is 0.306 e. The summed E-state index contributed by atoms with van der Waals surface area (Å²) in [4.78, 5) is 10.8. The van der Waals surface area contributed by atoms with Crippen LogP contribution in [0.15, 0.2) is 12.3 Å². The van der Waals surface area contributed by atoms with Crippen LogP contribution in [0.25, 0.3) is 0 Å². The second-order valence-corrected chi connectivity index (χ2v) is 3.30. The van der Waals surface area contributed by atoms with Crippen LogP contribution in [0, 0.1) is 5.92 Å². The van der Waals surface area contributed by atoms with Gasteiger partial charge in [0.1, 0.15) is 0 Å². The standard InChI is InChI=1S/C9H15N3O2/c1-12-5-3-8(11-12)6-7(2-4-10)9(13)14/h3,5,7H,2,4,6,10H2,1H3,(H,13,14). The minimum atomic E-state index is -0.805. The van der Waals surface area contributed by atoms with E-state index in [2.05, 4.69) is 5.10 Å². The van der Waals surface area contributed by atoms with Gasteiger partial charge in [0, 0.05) is 19.7 Å². The minimum absolute atomic E-state index is 0.393. The van der Waals surface area contributed by atoms with E-state index < -0.39 is 11.9 Å². The van der Waals surface area contributed by atoms with Crippen LogP contribution in [-0.4, -0.2) is 27.4 Å². The highest BCUT2D eigenvalue weighted by Crippen LogP contribution is 2.10. The van der Waals surface area contributed by atoms with Crippen molar-refractivity contribution < 1.29 is 9.90 Å². The van der Waals surface area contributed by atoms with Gasteiger partial charge in [0.25, 0.3) is 0 Å². The van der Waals surface area contributed by atoms with Gasteiger partial charge in [0.05, 0.1) is 11.6 Å². The molecule has 1 aromatic heterocycles. The summed E-state index contributed by atoms with van der Waals surface area (Å²) in [7, 11) is 1.81. The molecule has 0 saturated heterocycles. The van der Waals surface area contributed by atoms with Crippen molar-refractivity contribution in [2.75, 3.05) is 6.54 Å². The van der Waals surface area contributed by atoms with Crippen molar-refractivity contribution in [3.8, 4) is 0 Å². The van der Waals surface area contributed by atoms with Gasteiger partial charge in [0.2, 0.25) is 0 Å². The van der Waals surface area contributed by atoms with E-state index in [-0.39, 0.29) is 0 Å². The van der Waals surface area contributed by atoms with E-state index in [1.54, 1.807) is 10.9 Å². The van der Waals surface area contributed by atoms with Crippen molar-refractivity contribution in [2.24, 2.45) is 18.7 Å². The molecule has 1 aromatic rings. The largest absolute Gasteiger partial charge is 0.481 e. The molecule has 0 bridgehead atoms. The van der Waals surface area contributed by atoms with E-state index in [1.807, 2.05) is 13.1 Å². The molecule has 1 unspecified atom stereocenters. The predicted octanol–water partition coefficient (Wildman–Crippen LogP) is 0.0122. The molecular weight excluding hydrogens is 182 g/mol. The summed E-state index contributed by atoms with van der Waals surface area (Å²) in [5, 5.41) is 13.0. The molecule has 5 heteroatoms. The Morgan fingerprint density at radius 2 is 2.50 bits per heavy atom. The molecule has 3 N–H and O–H groups in total. The second-order valence-electron chi connectivity index (χ2n) is 3.30. The topological polar surface area (TPSA) is 81.1 Å². The number of carboxylic acids is 1. The van der Waals surface area contributed by atoms with Crippen molar-refractivity contribution >= 4 is 5.97 Å². The summed E-state index contributed by atoms with van der Waals surface area (Å²) < 4.78 is 1.66. The van der Waals surface area contributed by atoms with E-state index >= 15 is 0 Å². The van der Waals surface area contributed by atoms with Crippen molar-refractivity contribution in [3.63, 3.8) is 0 Å². The third-order valence-corrected chi connectivity index (χ3v) is 2.09. The molecule has 0 aromatic carbocycles. The van der Waals surface area contributed by atoms with Gasteiger partial charge in [0.15, 0.2) is 0 Å². The van der Waals surface area contributed by atoms with Crippen LogP contribution in [0.3, 0.4) is 0 Å². The Morgan fingerprint density at radius 1 is 1.79 bits per heavy atom. The number of hydrogen-bond donors (Lipinski definition) is 2. The molecule has 0 fully saturated rings. The van der Waals surface area contributed by atoms with E-state index in [0.717, 1.165) is 5.69 Å². The van der Waals surface area contributed by atoms with Crippen molar-refractivity contribution in [1.29, 1.82) is 0 Å². The molecule has 0 saturated carbocycles. The lowest BCUT2D eigenvalue weighted by molar-refractivity contribution is -0.141. The third-order valence-electron chi connectivity index (χ3n) is 2.09. The minimum Gasteiger partial charge on any atom is -0.481 e. The summed E-state index contributed by atoms with van der Waals surface area (Å²) in [6.45, 7) is 0.393. The summed E-state index contributed by atoms with van der Waals surface area (Å²) >= 11 is 0. The zero-order valence-corrected chi connectivity index (χ0v) is 8.18. The molecule has 1 atom stereocenters. The first-order chi connectivity index (χ1) is 6.63. The summed E-state index contributed by atoms with van der Waals surface area (Å²) in [6, 6.07) is 1.83. The quantitative estimate of drug-likeness (QED) is 0.696. The predicted molar refractivity (Wildman–Crippen MR) is 51.7 cm³/mol. The zero-order chi connectivity index (χ0) is 10.6. The maximum absolute atomic E-state index is 10.8. The molecule has 0 spiro atoms. The average molecular weight is 197 g/mol. The molecule has 78 valence electrons. The van der Waals surface area contributed by atoms with Gasteiger partial charge in [-0.1, -0.05) is 0 Å². The van der Waals surface area contributed by atoms with Gasteiger partial charge in [-0.25, -0.2) is 0 Å². The monoisotopic (exact) mass is 197 g/mol. The van der Waals surface area contributed by atoms with Crippen LogP contribution in [0.5, 0.6) is 0 Å². The number of nitrogens with two attached hydrogens (primary N) is 1. The fourth-order valence-corrected chi connectivity index (χ4v) is 1.34. The van der Waals surface area contributed by atoms with Gasteiger partial charge in [-0.15, -0.1) is 0 Å². The lowest BCUT2D eigenvalue weighted by Crippen LogP contribution is -2.20. The molecule has 14 heavy (non-hydrogen) atoms. The van der Waals surface area contributed by atoms with Crippen LogP contribution in [0.4, 0.5) is 0 Å². The fourth-order valence-electron chi connectivity index (χ4n) is 1.34. The maximum Gasteiger partial charge on any atom is 0.306 e. The van der Waals surface area contributed by atoms with Crippen LogP contribution >= 0.6 is 0 Å². The lowest BCUT2D eigenvalue weighted by Gasteiger charge is -2.08. The lowest BCUT2D eigenvalue weighted by atomic mass is 10.00. The van der Waals surface area contributed by atoms with Gasteiger partial charge >= 0.3 is 5.97 Å². The van der Waals surface area contributed by atoms with Crippen molar-refractivity contribution in [3.05, 3.63) is 18.0 Å². The summed E-state index contributed by atoms with van der Waals surface area (Å²) in [5.41, 5.74) is 6.14. The SMILES string of the molecule is Cn1ccc(CC(CCN)C(=O)O)n1. The normalized spacial score (nSPS) is 12.7. The Morgan fingerprint density at radius 3 is 2.93 bits per heavy atom. The van der Waals surface area contributed by atoms with Gasteiger partial charge in [-0.3, -0.25) is 9.48 Å². The number of carbonyl (C=O) groups is 1. The molecule has 1 heterocycles. The Balaban J connectivity index is 2.59. The molecule has 0 aliphatic heterocycles. The Labute approximate surface area is 82.5 Å². The van der Waals surface area contributed by atoms with Gasteiger partial charge in [-0.05, 0) is 19.0 Å². The number of carboxylic acid groups (broad SMARTS) is 1. The number of hydrogen-bond acceptors (Lipinski definition) is 3. The Kier molecular flexibility index (Phi) is 3.64. The highest BCUT2D eigenvalue weighted by Gasteiger charge is 2.17. The Bertz CT molecular complexity index is 309. The average Bonchev–Trinajstić information content (AvgIpc) is 2.50. The van der Waals surface area contributed by atoms with Crippen molar-refractivity contribution in [1.82, 2.24) is 9.78 Å². The van der Waals surface area contributed by atoms with Crippen LogP contribution < -0.4 is 5.73 Å². The first-order valence-corrected chi connectivity index (χ1v) is 4.55. The van der Waals surface area contributed by atoms with Gasteiger partial charge < -0.3 is 10.8 Å². The number of nitrogens with zero attached hydrogens (tertiary/aromatic N) is 2. The van der Waals surface area contributed by atoms with E-state index in [0.29, 0.717) is 19.4 Å². The molecular formula is C9H15N3O2.